The molecule has 5 heteroatoms. The standard InChI is InChI=1S/C14H19N3OS/c1-17(9-11-5-6-19-10-11)13(7-15)12-3-4-14(18-2)16-8-12/h3-6,8,10,13H,7,9,15H2,1-2H3. The molecule has 0 aromatic carbocycles. The first-order valence-corrected chi connectivity index (χ1v) is 7.10. The van der Waals surface area contributed by atoms with E-state index in [1.807, 2.05) is 18.3 Å². The summed E-state index contributed by atoms with van der Waals surface area (Å²) in [5, 5.41) is 4.26. The summed E-state index contributed by atoms with van der Waals surface area (Å²) in [5.74, 6) is 0.625. The number of ether oxygens (including phenoxy) is 1. The highest BCUT2D eigenvalue weighted by atomic mass is 32.1. The van der Waals surface area contributed by atoms with E-state index in [0.717, 1.165) is 12.1 Å². The average Bonchev–Trinajstić information content (AvgIpc) is 2.93. The van der Waals surface area contributed by atoms with Crippen LogP contribution < -0.4 is 10.5 Å². The number of pyridine rings is 1. The third-order valence-electron chi connectivity index (χ3n) is 3.12. The molecule has 0 bridgehead atoms. The minimum atomic E-state index is 0.165. The minimum Gasteiger partial charge on any atom is -0.481 e. The van der Waals surface area contributed by atoms with Gasteiger partial charge in [0.25, 0.3) is 0 Å². The average molecular weight is 277 g/mol. The fraction of sp³-hybridized carbons (Fsp3) is 0.357. The third kappa shape index (κ3) is 3.53. The molecule has 2 rings (SSSR count). The second kappa shape index (κ2) is 6.65. The topological polar surface area (TPSA) is 51.4 Å². The summed E-state index contributed by atoms with van der Waals surface area (Å²) in [7, 11) is 3.70. The van der Waals surface area contributed by atoms with E-state index in [2.05, 4.69) is 33.8 Å². The Kier molecular flexibility index (Phi) is 4.90. The first-order chi connectivity index (χ1) is 9.24. The van der Waals surface area contributed by atoms with Gasteiger partial charge in [0, 0.05) is 31.4 Å². The molecule has 2 aromatic heterocycles. The Labute approximate surface area is 117 Å². The Morgan fingerprint density at radius 3 is 2.79 bits per heavy atom. The molecule has 0 amide bonds. The molecule has 1 atom stereocenters. The number of nitrogens with zero attached hydrogens (tertiary/aromatic N) is 2. The number of thiophene rings is 1. The number of nitrogens with two attached hydrogens (primary N) is 1. The molecular formula is C14H19N3OS. The smallest absolute Gasteiger partial charge is 0.212 e. The summed E-state index contributed by atoms with van der Waals surface area (Å²) in [6.45, 7) is 1.45. The zero-order valence-electron chi connectivity index (χ0n) is 11.2. The molecule has 102 valence electrons. The lowest BCUT2D eigenvalue weighted by molar-refractivity contribution is 0.241. The molecule has 0 aliphatic rings. The fourth-order valence-corrected chi connectivity index (χ4v) is 2.72. The van der Waals surface area contributed by atoms with Crippen molar-refractivity contribution >= 4 is 11.3 Å². The van der Waals surface area contributed by atoms with Crippen LogP contribution in [0.2, 0.25) is 0 Å². The molecule has 0 saturated heterocycles. The predicted octanol–water partition coefficient (Wildman–Crippen LogP) is 2.28. The van der Waals surface area contributed by atoms with E-state index in [1.165, 1.54) is 5.56 Å². The Bertz CT molecular complexity index is 484. The highest BCUT2D eigenvalue weighted by Crippen LogP contribution is 2.21. The van der Waals surface area contributed by atoms with Crippen molar-refractivity contribution in [2.75, 3.05) is 20.7 Å². The summed E-state index contributed by atoms with van der Waals surface area (Å²) < 4.78 is 5.07. The van der Waals surface area contributed by atoms with Gasteiger partial charge in [0.1, 0.15) is 0 Å². The maximum atomic E-state index is 5.91. The van der Waals surface area contributed by atoms with E-state index >= 15 is 0 Å². The van der Waals surface area contributed by atoms with Crippen LogP contribution in [-0.4, -0.2) is 30.6 Å². The summed E-state index contributed by atoms with van der Waals surface area (Å²) in [6, 6.07) is 6.20. The zero-order chi connectivity index (χ0) is 13.7. The van der Waals surface area contributed by atoms with Gasteiger partial charge in [-0.1, -0.05) is 6.07 Å². The molecule has 0 fully saturated rings. The molecule has 0 aliphatic heterocycles. The number of likely N-dealkylation sites (N-methyl/N-ethyl adjacent to an activating group) is 1. The van der Waals surface area contributed by atoms with E-state index in [9.17, 15) is 0 Å². The SMILES string of the molecule is COc1ccc(C(CN)N(C)Cc2ccsc2)cn1. The third-order valence-corrected chi connectivity index (χ3v) is 3.85. The normalized spacial score (nSPS) is 12.6. The van der Waals surface area contributed by atoms with Gasteiger partial charge in [-0.05, 0) is 35.0 Å². The molecule has 0 radical (unpaired) electrons. The number of rotatable bonds is 6. The van der Waals surface area contributed by atoms with Gasteiger partial charge in [-0.3, -0.25) is 4.90 Å². The lowest BCUT2D eigenvalue weighted by atomic mass is 10.1. The van der Waals surface area contributed by atoms with Crippen LogP contribution in [0.15, 0.2) is 35.2 Å². The van der Waals surface area contributed by atoms with Crippen molar-refractivity contribution < 1.29 is 4.74 Å². The van der Waals surface area contributed by atoms with E-state index in [1.54, 1.807) is 18.4 Å². The largest absolute Gasteiger partial charge is 0.481 e. The van der Waals surface area contributed by atoms with Crippen LogP contribution in [0.4, 0.5) is 0 Å². The number of aromatic nitrogens is 1. The molecule has 0 aliphatic carbocycles. The summed E-state index contributed by atoms with van der Waals surface area (Å²) in [5.41, 5.74) is 8.33. The lowest BCUT2D eigenvalue weighted by Gasteiger charge is -2.26. The molecule has 2 aromatic rings. The van der Waals surface area contributed by atoms with Crippen molar-refractivity contribution in [2.24, 2.45) is 5.73 Å². The number of hydrogen-bond donors (Lipinski definition) is 1. The molecule has 2 heterocycles. The van der Waals surface area contributed by atoms with Gasteiger partial charge in [-0.2, -0.15) is 11.3 Å². The molecular weight excluding hydrogens is 258 g/mol. The van der Waals surface area contributed by atoms with Crippen molar-refractivity contribution in [2.45, 2.75) is 12.6 Å². The van der Waals surface area contributed by atoms with Crippen molar-refractivity contribution in [3.8, 4) is 5.88 Å². The predicted molar refractivity (Wildman–Crippen MR) is 78.4 cm³/mol. The second-order valence-corrected chi connectivity index (χ2v) is 5.21. The van der Waals surface area contributed by atoms with E-state index in [4.69, 9.17) is 10.5 Å². The summed E-state index contributed by atoms with van der Waals surface area (Å²) in [6.07, 6.45) is 1.83. The summed E-state index contributed by atoms with van der Waals surface area (Å²) in [4.78, 5) is 6.48. The Morgan fingerprint density at radius 1 is 1.42 bits per heavy atom. The maximum Gasteiger partial charge on any atom is 0.212 e. The van der Waals surface area contributed by atoms with Crippen LogP contribution in [0.1, 0.15) is 17.2 Å². The first-order valence-electron chi connectivity index (χ1n) is 6.16. The van der Waals surface area contributed by atoms with Gasteiger partial charge in [-0.15, -0.1) is 0 Å². The fourth-order valence-electron chi connectivity index (χ4n) is 2.06. The number of hydrogen-bond acceptors (Lipinski definition) is 5. The van der Waals surface area contributed by atoms with Crippen LogP contribution >= 0.6 is 11.3 Å². The van der Waals surface area contributed by atoms with Gasteiger partial charge in [-0.25, -0.2) is 4.98 Å². The van der Waals surface area contributed by atoms with Gasteiger partial charge >= 0.3 is 0 Å². The summed E-state index contributed by atoms with van der Waals surface area (Å²) >= 11 is 1.71. The Morgan fingerprint density at radius 2 is 2.26 bits per heavy atom. The van der Waals surface area contributed by atoms with E-state index in [-0.39, 0.29) is 6.04 Å². The van der Waals surface area contributed by atoms with Crippen LogP contribution in [0.5, 0.6) is 5.88 Å². The van der Waals surface area contributed by atoms with Crippen LogP contribution in [0.25, 0.3) is 0 Å². The Hall–Kier alpha value is -1.43. The number of methoxy groups -OCH3 is 1. The second-order valence-electron chi connectivity index (χ2n) is 4.43. The van der Waals surface area contributed by atoms with Gasteiger partial charge in [0.15, 0.2) is 0 Å². The lowest BCUT2D eigenvalue weighted by Crippen LogP contribution is -2.30. The molecule has 19 heavy (non-hydrogen) atoms. The highest BCUT2D eigenvalue weighted by Gasteiger charge is 2.16. The monoisotopic (exact) mass is 277 g/mol. The van der Waals surface area contributed by atoms with Crippen molar-refractivity contribution in [1.82, 2.24) is 9.88 Å². The van der Waals surface area contributed by atoms with Gasteiger partial charge in [0.05, 0.1) is 7.11 Å². The quantitative estimate of drug-likeness (QED) is 0.880. The van der Waals surface area contributed by atoms with Crippen LogP contribution in [0.3, 0.4) is 0 Å². The molecule has 4 nitrogen and oxygen atoms in total. The van der Waals surface area contributed by atoms with Gasteiger partial charge < -0.3 is 10.5 Å². The van der Waals surface area contributed by atoms with Crippen molar-refractivity contribution in [3.05, 3.63) is 46.3 Å². The van der Waals surface area contributed by atoms with Crippen molar-refractivity contribution in [1.29, 1.82) is 0 Å². The van der Waals surface area contributed by atoms with E-state index in [0.29, 0.717) is 12.4 Å². The van der Waals surface area contributed by atoms with Crippen LogP contribution in [0, 0.1) is 0 Å². The van der Waals surface area contributed by atoms with Gasteiger partial charge in [0.2, 0.25) is 5.88 Å². The molecule has 1 unspecified atom stereocenters. The van der Waals surface area contributed by atoms with Crippen molar-refractivity contribution in [3.63, 3.8) is 0 Å². The molecule has 0 saturated carbocycles. The highest BCUT2D eigenvalue weighted by molar-refractivity contribution is 7.07. The maximum absolute atomic E-state index is 5.91. The first kappa shape index (κ1) is 14.0. The van der Waals surface area contributed by atoms with Crippen LogP contribution in [-0.2, 0) is 6.54 Å². The zero-order valence-corrected chi connectivity index (χ0v) is 12.1. The molecule has 2 N–H and O–H groups in total. The minimum absolute atomic E-state index is 0.165. The Balaban J connectivity index is 2.09. The van der Waals surface area contributed by atoms with E-state index < -0.39 is 0 Å². The molecule has 0 spiro atoms.